The van der Waals surface area contributed by atoms with Crippen LogP contribution in [0.2, 0.25) is 0 Å². The van der Waals surface area contributed by atoms with E-state index in [1.165, 1.54) is 12.1 Å². The second kappa shape index (κ2) is 5.81. The van der Waals surface area contributed by atoms with E-state index in [0.717, 1.165) is 6.07 Å². The molecule has 0 unspecified atom stereocenters. The van der Waals surface area contributed by atoms with Crippen molar-refractivity contribution in [3.63, 3.8) is 0 Å². The Labute approximate surface area is 118 Å². The SMILES string of the molecule is O=S(=O)(NCCn1cccn1)c1ccc(Br)cc1F. The van der Waals surface area contributed by atoms with Crippen molar-refractivity contribution >= 4 is 26.0 Å². The molecule has 0 aliphatic rings. The van der Waals surface area contributed by atoms with Crippen molar-refractivity contribution in [2.75, 3.05) is 6.54 Å². The third-order valence-corrected chi connectivity index (χ3v) is 4.36. The summed E-state index contributed by atoms with van der Waals surface area (Å²) in [6.07, 6.45) is 3.32. The summed E-state index contributed by atoms with van der Waals surface area (Å²) in [5.41, 5.74) is 0. The summed E-state index contributed by atoms with van der Waals surface area (Å²) in [6, 6.07) is 5.55. The molecule has 0 aliphatic heterocycles. The zero-order chi connectivity index (χ0) is 13.9. The van der Waals surface area contributed by atoms with E-state index >= 15 is 0 Å². The molecule has 0 radical (unpaired) electrons. The van der Waals surface area contributed by atoms with E-state index in [4.69, 9.17) is 0 Å². The molecular weight excluding hydrogens is 337 g/mol. The predicted octanol–water partition coefficient (Wildman–Crippen LogP) is 1.76. The number of rotatable bonds is 5. The highest BCUT2D eigenvalue weighted by Gasteiger charge is 2.18. The minimum absolute atomic E-state index is 0.138. The van der Waals surface area contributed by atoms with Crippen molar-refractivity contribution in [3.05, 3.63) is 46.9 Å². The van der Waals surface area contributed by atoms with Crippen LogP contribution in [0.15, 0.2) is 46.0 Å². The zero-order valence-corrected chi connectivity index (χ0v) is 12.2. The summed E-state index contributed by atoms with van der Waals surface area (Å²) in [7, 11) is -3.85. The van der Waals surface area contributed by atoms with Crippen LogP contribution in [0.3, 0.4) is 0 Å². The van der Waals surface area contributed by atoms with E-state index in [1.54, 1.807) is 23.1 Å². The normalized spacial score (nSPS) is 11.7. The maximum Gasteiger partial charge on any atom is 0.243 e. The summed E-state index contributed by atoms with van der Waals surface area (Å²) in [5.74, 6) is -0.791. The number of benzene rings is 1. The molecule has 2 aromatic rings. The van der Waals surface area contributed by atoms with Gasteiger partial charge in [-0.3, -0.25) is 4.68 Å². The average molecular weight is 348 g/mol. The lowest BCUT2D eigenvalue weighted by molar-refractivity contribution is 0.545. The van der Waals surface area contributed by atoms with Crippen molar-refractivity contribution in [2.45, 2.75) is 11.4 Å². The molecule has 0 amide bonds. The van der Waals surface area contributed by atoms with Crippen LogP contribution in [0.4, 0.5) is 4.39 Å². The molecule has 1 aromatic carbocycles. The lowest BCUT2D eigenvalue weighted by Crippen LogP contribution is -2.28. The van der Waals surface area contributed by atoms with Gasteiger partial charge >= 0.3 is 0 Å². The molecule has 0 saturated carbocycles. The molecule has 0 atom stereocenters. The Morgan fingerprint density at radius 3 is 2.84 bits per heavy atom. The topological polar surface area (TPSA) is 64.0 Å². The molecule has 2 rings (SSSR count). The maximum atomic E-state index is 13.6. The lowest BCUT2D eigenvalue weighted by Gasteiger charge is -2.08. The van der Waals surface area contributed by atoms with E-state index in [9.17, 15) is 12.8 Å². The fourth-order valence-electron chi connectivity index (χ4n) is 1.50. The van der Waals surface area contributed by atoms with Crippen LogP contribution in [0, 0.1) is 5.82 Å². The summed E-state index contributed by atoms with van der Waals surface area (Å²) in [6.45, 7) is 0.518. The summed E-state index contributed by atoms with van der Waals surface area (Å²) < 4.78 is 41.8. The van der Waals surface area contributed by atoms with Crippen LogP contribution in [0.5, 0.6) is 0 Å². The molecule has 0 fully saturated rings. The summed E-state index contributed by atoms with van der Waals surface area (Å²) in [5, 5.41) is 3.94. The lowest BCUT2D eigenvalue weighted by atomic mass is 10.3. The number of nitrogens with zero attached hydrogens (tertiary/aromatic N) is 2. The molecule has 102 valence electrons. The summed E-state index contributed by atoms with van der Waals surface area (Å²) >= 11 is 3.07. The molecule has 19 heavy (non-hydrogen) atoms. The Balaban J connectivity index is 2.05. The fourth-order valence-corrected chi connectivity index (χ4v) is 2.91. The van der Waals surface area contributed by atoms with Crippen molar-refractivity contribution in [1.29, 1.82) is 0 Å². The number of halogens is 2. The predicted molar refractivity (Wildman–Crippen MR) is 71.5 cm³/mol. The molecule has 1 heterocycles. The first-order chi connectivity index (χ1) is 8.99. The molecule has 5 nitrogen and oxygen atoms in total. The van der Waals surface area contributed by atoms with Crippen LogP contribution < -0.4 is 4.72 Å². The first-order valence-electron chi connectivity index (χ1n) is 5.41. The van der Waals surface area contributed by atoms with Gasteiger partial charge in [0.15, 0.2) is 0 Å². The van der Waals surface area contributed by atoms with E-state index in [2.05, 4.69) is 25.8 Å². The fraction of sp³-hybridized carbons (Fsp3) is 0.182. The highest BCUT2D eigenvalue weighted by Crippen LogP contribution is 2.19. The second-order valence-electron chi connectivity index (χ2n) is 3.74. The number of nitrogens with one attached hydrogen (secondary N) is 1. The first kappa shape index (κ1) is 14.2. The number of aromatic nitrogens is 2. The van der Waals surface area contributed by atoms with Gasteiger partial charge in [-0.2, -0.15) is 5.10 Å². The molecule has 0 bridgehead atoms. The van der Waals surface area contributed by atoms with E-state index in [0.29, 0.717) is 11.0 Å². The Kier molecular flexibility index (Phi) is 4.33. The van der Waals surface area contributed by atoms with E-state index in [-0.39, 0.29) is 11.4 Å². The molecule has 1 aromatic heterocycles. The minimum atomic E-state index is -3.85. The molecule has 8 heteroatoms. The molecule has 0 aliphatic carbocycles. The third kappa shape index (κ3) is 3.62. The molecule has 0 saturated heterocycles. The maximum absolute atomic E-state index is 13.6. The van der Waals surface area contributed by atoms with Crippen LogP contribution in [-0.4, -0.2) is 24.7 Å². The quantitative estimate of drug-likeness (QED) is 0.896. The Morgan fingerprint density at radius 2 is 2.21 bits per heavy atom. The standard InChI is InChI=1S/C11H11BrFN3O2S/c12-9-2-3-11(10(13)8-9)19(17,18)15-5-7-16-6-1-4-14-16/h1-4,6,8,15H,5,7H2. The van der Waals surface area contributed by atoms with Crippen LogP contribution in [0.25, 0.3) is 0 Å². The van der Waals surface area contributed by atoms with Gasteiger partial charge < -0.3 is 0 Å². The van der Waals surface area contributed by atoms with Gasteiger partial charge in [0.05, 0.1) is 6.54 Å². The molecule has 0 spiro atoms. The van der Waals surface area contributed by atoms with Gasteiger partial charge in [-0.15, -0.1) is 0 Å². The highest BCUT2D eigenvalue weighted by atomic mass is 79.9. The Bertz CT molecular complexity index is 659. The second-order valence-corrected chi connectivity index (χ2v) is 6.39. The largest absolute Gasteiger partial charge is 0.271 e. The van der Waals surface area contributed by atoms with Gasteiger partial charge in [0.2, 0.25) is 10.0 Å². The molecule has 1 N–H and O–H groups in total. The van der Waals surface area contributed by atoms with E-state index < -0.39 is 15.8 Å². The Hall–Kier alpha value is -1.25. The van der Waals surface area contributed by atoms with Gasteiger partial charge in [0, 0.05) is 23.4 Å². The first-order valence-corrected chi connectivity index (χ1v) is 7.69. The highest BCUT2D eigenvalue weighted by molar-refractivity contribution is 9.10. The summed E-state index contributed by atoms with van der Waals surface area (Å²) in [4.78, 5) is -0.365. The van der Waals surface area contributed by atoms with Gasteiger partial charge in [-0.05, 0) is 24.3 Å². The van der Waals surface area contributed by atoms with Gasteiger partial charge in [-0.25, -0.2) is 17.5 Å². The van der Waals surface area contributed by atoms with Crippen molar-refractivity contribution in [1.82, 2.24) is 14.5 Å². The van der Waals surface area contributed by atoms with Crippen LogP contribution >= 0.6 is 15.9 Å². The van der Waals surface area contributed by atoms with Crippen molar-refractivity contribution in [2.24, 2.45) is 0 Å². The van der Waals surface area contributed by atoms with Gasteiger partial charge in [0.1, 0.15) is 10.7 Å². The number of hydrogen-bond acceptors (Lipinski definition) is 3. The minimum Gasteiger partial charge on any atom is -0.271 e. The van der Waals surface area contributed by atoms with Crippen molar-refractivity contribution in [3.8, 4) is 0 Å². The number of hydrogen-bond donors (Lipinski definition) is 1. The average Bonchev–Trinajstić information content (AvgIpc) is 2.81. The zero-order valence-electron chi connectivity index (χ0n) is 9.75. The Morgan fingerprint density at radius 1 is 1.42 bits per heavy atom. The molecular formula is C11H11BrFN3O2S. The number of sulfonamides is 1. The van der Waals surface area contributed by atoms with Crippen LogP contribution in [0.1, 0.15) is 0 Å². The van der Waals surface area contributed by atoms with E-state index in [1.807, 2.05) is 0 Å². The van der Waals surface area contributed by atoms with Crippen molar-refractivity contribution < 1.29 is 12.8 Å². The third-order valence-electron chi connectivity index (χ3n) is 2.38. The van der Waals surface area contributed by atoms with Crippen LogP contribution in [-0.2, 0) is 16.6 Å². The van der Waals surface area contributed by atoms with Gasteiger partial charge in [-0.1, -0.05) is 15.9 Å². The van der Waals surface area contributed by atoms with Gasteiger partial charge in [0.25, 0.3) is 0 Å². The smallest absolute Gasteiger partial charge is 0.243 e. The monoisotopic (exact) mass is 347 g/mol.